The second-order valence-electron chi connectivity index (χ2n) is 6.52. The Morgan fingerprint density at radius 1 is 1.33 bits per heavy atom. The summed E-state index contributed by atoms with van der Waals surface area (Å²) in [7, 11) is 0. The molecule has 1 rings (SSSR count). The van der Waals surface area contributed by atoms with E-state index in [2.05, 4.69) is 34.6 Å². The number of rotatable bonds is 2. The van der Waals surface area contributed by atoms with E-state index in [1.165, 1.54) is 6.08 Å². The molecule has 0 fully saturated rings. The van der Waals surface area contributed by atoms with Crippen molar-refractivity contribution in [3.63, 3.8) is 0 Å². The minimum absolute atomic E-state index is 0.00391. The number of allylic oxidation sites excluding steroid dienone is 2. The number of hydrogen-bond acceptors (Lipinski definition) is 2. The highest BCUT2D eigenvalue weighted by Crippen LogP contribution is 2.45. The zero-order valence-corrected chi connectivity index (χ0v) is 10.4. The number of carbonyl (C=O) groups excluding carboxylic acids is 1. The standard InChI is InChI=1S/C13H22O2/c1-12(2,3)8-13(4,5)10-6-9(14)7-11(10)15/h7,10,15H,6,8H2,1-5H3. The lowest BCUT2D eigenvalue weighted by atomic mass is 9.68. The molecule has 0 aliphatic heterocycles. The first-order chi connectivity index (χ1) is 6.62. The van der Waals surface area contributed by atoms with E-state index in [0.717, 1.165) is 6.42 Å². The molecule has 1 atom stereocenters. The first-order valence-electron chi connectivity index (χ1n) is 5.55. The third kappa shape index (κ3) is 3.08. The third-order valence-electron chi connectivity index (χ3n) is 3.00. The van der Waals surface area contributed by atoms with Crippen LogP contribution in [0.4, 0.5) is 0 Å². The number of aliphatic hydroxyl groups excluding tert-OH is 1. The molecule has 1 aliphatic carbocycles. The molecule has 0 aromatic carbocycles. The molecule has 1 unspecified atom stereocenters. The molecular formula is C13H22O2. The summed E-state index contributed by atoms with van der Waals surface area (Å²) in [4.78, 5) is 11.2. The van der Waals surface area contributed by atoms with Crippen molar-refractivity contribution < 1.29 is 9.90 Å². The molecule has 2 heteroatoms. The Labute approximate surface area is 92.4 Å². The van der Waals surface area contributed by atoms with Gasteiger partial charge in [-0.1, -0.05) is 34.6 Å². The van der Waals surface area contributed by atoms with Crippen LogP contribution in [0.1, 0.15) is 47.5 Å². The lowest BCUT2D eigenvalue weighted by Crippen LogP contribution is -2.29. The van der Waals surface area contributed by atoms with E-state index in [9.17, 15) is 9.90 Å². The fraction of sp³-hybridized carbons (Fsp3) is 0.769. The van der Waals surface area contributed by atoms with Gasteiger partial charge in [0.2, 0.25) is 0 Å². The van der Waals surface area contributed by atoms with E-state index in [1.54, 1.807) is 0 Å². The summed E-state index contributed by atoms with van der Waals surface area (Å²) in [6.45, 7) is 10.8. The molecule has 0 aromatic rings. The molecule has 2 nitrogen and oxygen atoms in total. The van der Waals surface area contributed by atoms with Crippen LogP contribution in [0.2, 0.25) is 0 Å². The predicted octanol–water partition coefficient (Wildman–Crippen LogP) is 3.48. The molecule has 0 radical (unpaired) electrons. The van der Waals surface area contributed by atoms with Crippen LogP contribution in [0.5, 0.6) is 0 Å². The molecule has 0 saturated carbocycles. The van der Waals surface area contributed by atoms with Gasteiger partial charge in [0.25, 0.3) is 0 Å². The Morgan fingerprint density at radius 3 is 2.20 bits per heavy atom. The van der Waals surface area contributed by atoms with Crippen molar-refractivity contribution in [2.24, 2.45) is 16.7 Å². The summed E-state index contributed by atoms with van der Waals surface area (Å²) in [5.74, 6) is 0.331. The normalized spacial score (nSPS) is 23.1. The highest BCUT2D eigenvalue weighted by molar-refractivity contribution is 5.93. The van der Waals surface area contributed by atoms with Crippen molar-refractivity contribution >= 4 is 5.78 Å². The van der Waals surface area contributed by atoms with Gasteiger partial charge < -0.3 is 5.11 Å². The smallest absolute Gasteiger partial charge is 0.159 e. The topological polar surface area (TPSA) is 37.3 Å². The Bertz CT molecular complexity index is 292. The van der Waals surface area contributed by atoms with Gasteiger partial charge in [0.05, 0.1) is 5.76 Å². The quantitative estimate of drug-likeness (QED) is 0.757. The molecular weight excluding hydrogens is 188 g/mol. The molecule has 0 heterocycles. The van der Waals surface area contributed by atoms with E-state index >= 15 is 0 Å². The first-order valence-corrected chi connectivity index (χ1v) is 5.55. The molecule has 0 saturated heterocycles. The van der Waals surface area contributed by atoms with Crippen LogP contribution in [-0.4, -0.2) is 10.9 Å². The van der Waals surface area contributed by atoms with E-state index in [1.807, 2.05) is 0 Å². The second kappa shape index (κ2) is 3.66. The van der Waals surface area contributed by atoms with Crippen molar-refractivity contribution in [3.8, 4) is 0 Å². The fourth-order valence-corrected chi connectivity index (χ4v) is 2.80. The van der Waals surface area contributed by atoms with E-state index in [-0.39, 0.29) is 28.3 Å². The van der Waals surface area contributed by atoms with Gasteiger partial charge >= 0.3 is 0 Å². The van der Waals surface area contributed by atoms with Gasteiger partial charge in [-0.2, -0.15) is 0 Å². The number of aliphatic hydroxyl groups is 1. The SMILES string of the molecule is CC(C)(C)CC(C)(C)C1CC(=O)C=C1O. The van der Waals surface area contributed by atoms with Crippen LogP contribution in [0.25, 0.3) is 0 Å². The Kier molecular flexibility index (Phi) is 2.99. The molecule has 1 aliphatic rings. The van der Waals surface area contributed by atoms with Crippen molar-refractivity contribution in [1.29, 1.82) is 0 Å². The Morgan fingerprint density at radius 2 is 1.87 bits per heavy atom. The molecule has 0 amide bonds. The van der Waals surface area contributed by atoms with Crippen molar-refractivity contribution in [2.75, 3.05) is 0 Å². The minimum atomic E-state index is -0.0228. The van der Waals surface area contributed by atoms with Crippen LogP contribution >= 0.6 is 0 Å². The van der Waals surface area contributed by atoms with E-state index in [0.29, 0.717) is 6.42 Å². The maximum Gasteiger partial charge on any atom is 0.159 e. The monoisotopic (exact) mass is 210 g/mol. The Hall–Kier alpha value is -0.790. The van der Waals surface area contributed by atoms with Gasteiger partial charge in [-0.05, 0) is 17.3 Å². The largest absolute Gasteiger partial charge is 0.512 e. The average Bonchev–Trinajstić information content (AvgIpc) is 2.24. The lowest BCUT2D eigenvalue weighted by molar-refractivity contribution is -0.115. The van der Waals surface area contributed by atoms with Gasteiger partial charge in [0.1, 0.15) is 0 Å². The second-order valence-corrected chi connectivity index (χ2v) is 6.52. The summed E-state index contributed by atoms with van der Waals surface area (Å²) in [6.07, 6.45) is 2.85. The third-order valence-corrected chi connectivity index (χ3v) is 3.00. The molecule has 0 spiro atoms. The van der Waals surface area contributed by atoms with Gasteiger partial charge in [0, 0.05) is 18.4 Å². The van der Waals surface area contributed by atoms with Gasteiger partial charge in [-0.25, -0.2) is 0 Å². The fourth-order valence-electron chi connectivity index (χ4n) is 2.80. The van der Waals surface area contributed by atoms with E-state index in [4.69, 9.17) is 0 Å². The van der Waals surface area contributed by atoms with Crippen molar-refractivity contribution in [3.05, 3.63) is 11.8 Å². The van der Waals surface area contributed by atoms with Gasteiger partial charge in [0.15, 0.2) is 5.78 Å². The first kappa shape index (κ1) is 12.3. The van der Waals surface area contributed by atoms with Crippen LogP contribution < -0.4 is 0 Å². The van der Waals surface area contributed by atoms with E-state index < -0.39 is 0 Å². The number of hydrogen-bond donors (Lipinski definition) is 1. The van der Waals surface area contributed by atoms with Gasteiger partial charge in [-0.15, -0.1) is 0 Å². The average molecular weight is 210 g/mol. The summed E-state index contributed by atoms with van der Waals surface area (Å²) in [6, 6.07) is 0. The van der Waals surface area contributed by atoms with Crippen LogP contribution in [0, 0.1) is 16.7 Å². The van der Waals surface area contributed by atoms with Crippen molar-refractivity contribution in [1.82, 2.24) is 0 Å². The molecule has 0 bridgehead atoms. The highest BCUT2D eigenvalue weighted by atomic mass is 16.3. The zero-order valence-electron chi connectivity index (χ0n) is 10.4. The highest BCUT2D eigenvalue weighted by Gasteiger charge is 2.39. The molecule has 15 heavy (non-hydrogen) atoms. The summed E-state index contributed by atoms with van der Waals surface area (Å²) < 4.78 is 0. The summed E-state index contributed by atoms with van der Waals surface area (Å²) in [5, 5.41) is 9.73. The maximum absolute atomic E-state index is 11.2. The molecule has 0 aromatic heterocycles. The number of ketones is 1. The maximum atomic E-state index is 11.2. The Balaban J connectivity index is 2.79. The lowest BCUT2D eigenvalue weighted by Gasteiger charge is -2.37. The minimum Gasteiger partial charge on any atom is -0.512 e. The van der Waals surface area contributed by atoms with Gasteiger partial charge in [-0.3, -0.25) is 4.79 Å². The molecule has 1 N–H and O–H groups in total. The van der Waals surface area contributed by atoms with Crippen LogP contribution in [0.3, 0.4) is 0 Å². The predicted molar refractivity (Wildman–Crippen MR) is 61.7 cm³/mol. The van der Waals surface area contributed by atoms with Crippen LogP contribution in [-0.2, 0) is 4.79 Å². The zero-order chi connectivity index (χ0) is 11.9. The summed E-state index contributed by atoms with van der Waals surface area (Å²) >= 11 is 0. The number of carbonyl (C=O) groups is 1. The summed E-state index contributed by atoms with van der Waals surface area (Å²) in [5.41, 5.74) is 0.195. The molecule has 86 valence electrons. The van der Waals surface area contributed by atoms with Crippen molar-refractivity contribution in [2.45, 2.75) is 47.5 Å². The van der Waals surface area contributed by atoms with Crippen LogP contribution in [0.15, 0.2) is 11.8 Å².